The van der Waals surface area contributed by atoms with E-state index in [1.165, 1.54) is 5.06 Å². The number of hydroxylamine groups is 2. The van der Waals surface area contributed by atoms with Crippen molar-refractivity contribution in [2.24, 2.45) is 17.8 Å². The molecule has 5 amide bonds. The molecule has 63 heavy (non-hydrogen) atoms. The van der Waals surface area contributed by atoms with Gasteiger partial charge in [-0.15, -0.1) is 0 Å². The van der Waals surface area contributed by atoms with E-state index in [2.05, 4.69) is 35.1 Å². The van der Waals surface area contributed by atoms with Crippen LogP contribution in [0, 0.1) is 17.8 Å². The standard InChI is InChI=1S/C49H74N6O8/c1-34(2)29-38(52-46(60)63-47(3,4)5)26-25-37(30-35-19-12-10-13-20-35)44(58)54-28-18-24-41(54)53-43(57)40(42(56)51-39-31-48(6,7)55(61)49(8,9)32-39)23-16-17-27-50-45(59)62-33-36-21-14-11-15-22-36/h10-15,19-22,25-26,34,37-41,61H,16-18,23-24,27-33H2,1-9H3,(H,50,59)(H,51,56)(H,52,60)(H,53,57)/b26-25+/t37-,38-,40+,41+/m1/s1. The van der Waals surface area contributed by atoms with Gasteiger partial charge in [0.05, 0.1) is 12.0 Å². The van der Waals surface area contributed by atoms with Gasteiger partial charge in [-0.2, -0.15) is 5.06 Å². The lowest BCUT2D eigenvalue weighted by atomic mass is 9.78. The summed E-state index contributed by atoms with van der Waals surface area (Å²) in [4.78, 5) is 70.0. The number of piperidine rings is 1. The van der Waals surface area contributed by atoms with Gasteiger partial charge in [0, 0.05) is 30.2 Å². The van der Waals surface area contributed by atoms with Gasteiger partial charge in [0.15, 0.2) is 0 Å². The molecular weight excluding hydrogens is 801 g/mol. The third-order valence-corrected chi connectivity index (χ3v) is 11.5. The normalized spacial score (nSPS) is 19.2. The molecule has 2 heterocycles. The van der Waals surface area contributed by atoms with Crippen molar-refractivity contribution >= 4 is 29.9 Å². The fourth-order valence-electron chi connectivity index (χ4n) is 8.68. The van der Waals surface area contributed by atoms with E-state index in [0.717, 1.165) is 11.1 Å². The number of alkyl carbamates (subject to hydrolysis) is 2. The van der Waals surface area contributed by atoms with Gasteiger partial charge in [-0.25, -0.2) is 9.59 Å². The van der Waals surface area contributed by atoms with Crippen LogP contribution in [0.2, 0.25) is 0 Å². The Bertz CT molecular complexity index is 1810. The van der Waals surface area contributed by atoms with Crippen molar-refractivity contribution in [2.45, 2.75) is 162 Å². The van der Waals surface area contributed by atoms with Crippen molar-refractivity contribution in [3.05, 3.63) is 83.9 Å². The van der Waals surface area contributed by atoms with Crippen LogP contribution < -0.4 is 21.3 Å². The van der Waals surface area contributed by atoms with Crippen molar-refractivity contribution in [3.63, 3.8) is 0 Å². The Morgan fingerprint density at radius 1 is 0.841 bits per heavy atom. The fraction of sp³-hybridized carbons (Fsp3) is 0.612. The highest BCUT2D eigenvalue weighted by molar-refractivity contribution is 6.00. The summed E-state index contributed by atoms with van der Waals surface area (Å²) in [5.41, 5.74) is -0.0618. The summed E-state index contributed by atoms with van der Waals surface area (Å²) in [5, 5.41) is 24.2. The maximum Gasteiger partial charge on any atom is 0.408 e. The minimum atomic E-state index is -1.07. The Morgan fingerprint density at radius 2 is 1.44 bits per heavy atom. The lowest BCUT2D eigenvalue weighted by Gasteiger charge is -2.51. The topological polar surface area (TPSA) is 179 Å². The van der Waals surface area contributed by atoms with Crippen molar-refractivity contribution in [1.82, 2.24) is 31.2 Å². The molecule has 2 aromatic carbocycles. The predicted octanol–water partition coefficient (Wildman–Crippen LogP) is 7.65. The molecule has 0 spiro atoms. The molecule has 0 radical (unpaired) electrons. The van der Waals surface area contributed by atoms with E-state index in [4.69, 9.17) is 9.47 Å². The zero-order valence-electron chi connectivity index (χ0n) is 39.1. The number of carbonyl (C=O) groups is 5. The number of hydrogen-bond acceptors (Lipinski definition) is 9. The number of hydrogen-bond donors (Lipinski definition) is 5. The summed E-state index contributed by atoms with van der Waals surface area (Å²) in [7, 11) is 0. The van der Waals surface area contributed by atoms with Crippen molar-refractivity contribution in [2.75, 3.05) is 13.1 Å². The molecule has 0 saturated carbocycles. The summed E-state index contributed by atoms with van der Waals surface area (Å²) in [6.07, 6.45) is 6.40. The summed E-state index contributed by atoms with van der Waals surface area (Å²) < 4.78 is 10.9. The number of carbonyl (C=O) groups excluding carboxylic acids is 5. The first-order valence-corrected chi connectivity index (χ1v) is 22.7. The number of amides is 5. The van der Waals surface area contributed by atoms with E-state index < -0.39 is 58.7 Å². The molecule has 2 fully saturated rings. The van der Waals surface area contributed by atoms with E-state index >= 15 is 0 Å². The Labute approximate surface area is 375 Å². The van der Waals surface area contributed by atoms with Crippen LogP contribution in [-0.2, 0) is 36.9 Å². The molecule has 14 nitrogen and oxygen atoms in total. The van der Waals surface area contributed by atoms with Gasteiger partial charge in [0.25, 0.3) is 0 Å². The maximum absolute atomic E-state index is 14.6. The summed E-state index contributed by atoms with van der Waals surface area (Å²) >= 11 is 0. The first-order chi connectivity index (χ1) is 29.6. The van der Waals surface area contributed by atoms with Gasteiger partial charge in [-0.3, -0.25) is 14.4 Å². The number of unbranched alkanes of at least 4 members (excludes halogenated alkanes) is 1. The molecule has 0 aromatic heterocycles. The minimum absolute atomic E-state index is 0.145. The van der Waals surface area contributed by atoms with Gasteiger partial charge in [0.2, 0.25) is 17.7 Å². The highest BCUT2D eigenvalue weighted by Gasteiger charge is 2.46. The first-order valence-electron chi connectivity index (χ1n) is 22.7. The van der Waals surface area contributed by atoms with Gasteiger partial charge in [0.1, 0.15) is 24.3 Å². The third kappa shape index (κ3) is 16.6. The van der Waals surface area contributed by atoms with Crippen molar-refractivity contribution in [3.8, 4) is 0 Å². The molecule has 14 heteroatoms. The van der Waals surface area contributed by atoms with E-state index in [0.29, 0.717) is 64.5 Å². The Morgan fingerprint density at radius 3 is 2.05 bits per heavy atom. The highest BCUT2D eigenvalue weighted by atomic mass is 16.6. The lowest BCUT2D eigenvalue weighted by molar-refractivity contribution is -0.246. The Balaban J connectivity index is 1.49. The summed E-state index contributed by atoms with van der Waals surface area (Å²) in [6, 6.07) is 18.4. The second-order valence-corrected chi connectivity index (χ2v) is 19.8. The number of nitrogens with one attached hydrogen (secondary N) is 4. The van der Waals surface area contributed by atoms with Crippen LogP contribution in [0.25, 0.3) is 0 Å². The molecule has 4 atom stereocenters. The average Bonchev–Trinajstić information content (AvgIpc) is 3.66. The van der Waals surface area contributed by atoms with Gasteiger partial charge >= 0.3 is 12.2 Å². The Kier molecular flexibility index (Phi) is 18.6. The molecule has 2 aliphatic rings. The van der Waals surface area contributed by atoms with Gasteiger partial charge in [-0.1, -0.05) is 93.1 Å². The monoisotopic (exact) mass is 875 g/mol. The van der Waals surface area contributed by atoms with Gasteiger partial charge < -0.3 is 40.8 Å². The SMILES string of the molecule is CC(C)C[C@@H](/C=C/[C@H](Cc1ccccc1)C(=O)N1CCC[C@H]1NC(=O)[C@@H](CCCCNC(=O)OCc1ccccc1)C(=O)NC1CC(C)(C)N(O)C(C)(C)C1)NC(=O)OC(C)(C)C. The van der Waals surface area contributed by atoms with Crippen LogP contribution in [0.3, 0.4) is 0 Å². The first kappa shape index (κ1) is 50.7. The van der Waals surface area contributed by atoms with Crippen LogP contribution in [-0.4, -0.2) is 93.1 Å². The third-order valence-electron chi connectivity index (χ3n) is 11.5. The number of benzene rings is 2. The fourth-order valence-corrected chi connectivity index (χ4v) is 8.68. The largest absolute Gasteiger partial charge is 0.445 e. The number of nitrogens with zero attached hydrogens (tertiary/aromatic N) is 2. The van der Waals surface area contributed by atoms with Crippen LogP contribution >= 0.6 is 0 Å². The van der Waals surface area contributed by atoms with Crippen molar-refractivity contribution in [1.29, 1.82) is 0 Å². The van der Waals surface area contributed by atoms with E-state index in [9.17, 15) is 29.2 Å². The zero-order valence-corrected chi connectivity index (χ0v) is 39.1. The van der Waals surface area contributed by atoms with Crippen LogP contribution in [0.5, 0.6) is 0 Å². The molecule has 2 saturated heterocycles. The molecule has 2 aliphatic heterocycles. The zero-order chi connectivity index (χ0) is 46.4. The molecule has 2 aromatic rings. The Hall–Kier alpha value is -4.95. The molecule has 0 bridgehead atoms. The minimum Gasteiger partial charge on any atom is -0.445 e. The molecule has 5 N–H and O–H groups in total. The second kappa shape index (κ2) is 23.1. The maximum atomic E-state index is 14.6. The summed E-state index contributed by atoms with van der Waals surface area (Å²) in [6.45, 7) is 18.1. The lowest BCUT2D eigenvalue weighted by Crippen LogP contribution is -2.63. The van der Waals surface area contributed by atoms with E-state index in [1.54, 1.807) is 4.90 Å². The quantitative estimate of drug-likeness (QED) is 0.0539. The number of ether oxygens (including phenoxy) is 2. The molecule has 0 unspecified atom stereocenters. The van der Waals surface area contributed by atoms with E-state index in [1.807, 2.05) is 121 Å². The predicted molar refractivity (Wildman–Crippen MR) is 243 cm³/mol. The summed E-state index contributed by atoms with van der Waals surface area (Å²) in [5.74, 6) is -2.47. The molecule has 348 valence electrons. The molecule has 0 aliphatic carbocycles. The van der Waals surface area contributed by atoms with Crippen LogP contribution in [0.4, 0.5) is 9.59 Å². The average molecular weight is 875 g/mol. The number of likely N-dealkylation sites (tertiary alicyclic amines) is 1. The van der Waals surface area contributed by atoms with Gasteiger partial charge in [-0.05, 0) is 117 Å². The van der Waals surface area contributed by atoms with Crippen molar-refractivity contribution < 1.29 is 38.7 Å². The molecular formula is C49H74N6O8. The van der Waals surface area contributed by atoms with Crippen LogP contribution in [0.15, 0.2) is 72.8 Å². The molecule has 4 rings (SSSR count). The highest BCUT2D eigenvalue weighted by Crippen LogP contribution is 2.37. The van der Waals surface area contributed by atoms with E-state index in [-0.39, 0.29) is 36.9 Å². The smallest absolute Gasteiger partial charge is 0.408 e. The number of rotatable bonds is 19. The second-order valence-electron chi connectivity index (χ2n) is 19.8. The van der Waals surface area contributed by atoms with Crippen LogP contribution in [0.1, 0.15) is 125 Å².